The van der Waals surface area contributed by atoms with Gasteiger partial charge in [0.1, 0.15) is 0 Å². The molecule has 1 fully saturated rings. The summed E-state index contributed by atoms with van der Waals surface area (Å²) in [5.41, 5.74) is 0. The van der Waals surface area contributed by atoms with Crippen molar-refractivity contribution < 1.29 is 0 Å². The molecule has 1 aliphatic carbocycles. The summed E-state index contributed by atoms with van der Waals surface area (Å²) >= 11 is 0. The largest absolute Gasteiger partial charge is 0.354 e. The van der Waals surface area contributed by atoms with Gasteiger partial charge in [-0.3, -0.25) is 0 Å². The maximum absolute atomic E-state index is 4.50. The first-order chi connectivity index (χ1) is 10.1. The van der Waals surface area contributed by atoms with E-state index in [0.29, 0.717) is 23.9 Å². The van der Waals surface area contributed by atoms with Crippen LogP contribution in [0.1, 0.15) is 46.0 Å². The molecule has 1 aromatic rings. The van der Waals surface area contributed by atoms with Crippen molar-refractivity contribution in [1.29, 1.82) is 0 Å². The van der Waals surface area contributed by atoms with Gasteiger partial charge in [-0.15, -0.1) is 0 Å². The summed E-state index contributed by atoms with van der Waals surface area (Å²) in [7, 11) is 3.89. The summed E-state index contributed by atoms with van der Waals surface area (Å²) in [4.78, 5) is 15.3. The molecule has 1 heterocycles. The second-order valence-corrected chi connectivity index (χ2v) is 5.98. The van der Waals surface area contributed by atoms with Gasteiger partial charge in [-0.05, 0) is 38.5 Å². The van der Waals surface area contributed by atoms with Crippen LogP contribution in [0, 0.1) is 5.92 Å². The molecule has 6 heteroatoms. The molecule has 1 aromatic heterocycles. The van der Waals surface area contributed by atoms with E-state index in [4.69, 9.17) is 0 Å². The molecule has 0 radical (unpaired) electrons. The smallest absolute Gasteiger partial charge is 0.231 e. The number of anilines is 3. The third-order valence-corrected chi connectivity index (χ3v) is 4.12. The zero-order valence-electron chi connectivity index (χ0n) is 13.7. The highest BCUT2D eigenvalue weighted by molar-refractivity contribution is 5.43. The van der Waals surface area contributed by atoms with E-state index in [-0.39, 0.29) is 0 Å². The van der Waals surface area contributed by atoms with Crippen LogP contribution in [0.2, 0.25) is 0 Å². The topological polar surface area (TPSA) is 66.0 Å². The highest BCUT2D eigenvalue weighted by Gasteiger charge is 2.21. The Morgan fingerprint density at radius 2 is 1.67 bits per heavy atom. The fraction of sp³-hybridized carbons (Fsp3) is 0.800. The Bertz CT molecular complexity index is 440. The Kier molecular flexibility index (Phi) is 5.59. The fourth-order valence-electron chi connectivity index (χ4n) is 2.76. The summed E-state index contributed by atoms with van der Waals surface area (Å²) in [6, 6.07) is 0.486. The van der Waals surface area contributed by atoms with Crippen LogP contribution in [0.25, 0.3) is 0 Å². The van der Waals surface area contributed by atoms with Gasteiger partial charge in [0.2, 0.25) is 17.8 Å². The van der Waals surface area contributed by atoms with Crippen LogP contribution in [-0.2, 0) is 0 Å². The normalized spacial score (nSPS) is 21.9. The van der Waals surface area contributed by atoms with Gasteiger partial charge in [0.25, 0.3) is 0 Å². The SMILES string of the molecule is CCNc1nc(NC2CCC(CC)CC2)nc(N(C)C)n1. The summed E-state index contributed by atoms with van der Waals surface area (Å²) in [6.45, 7) is 5.13. The average Bonchev–Trinajstić information content (AvgIpc) is 2.48. The van der Waals surface area contributed by atoms with Crippen LogP contribution in [0.15, 0.2) is 0 Å². The van der Waals surface area contributed by atoms with E-state index in [2.05, 4.69) is 32.5 Å². The minimum absolute atomic E-state index is 0.486. The molecule has 118 valence electrons. The van der Waals surface area contributed by atoms with Crippen molar-refractivity contribution in [2.45, 2.75) is 52.0 Å². The van der Waals surface area contributed by atoms with Gasteiger partial charge in [-0.2, -0.15) is 15.0 Å². The first kappa shape index (κ1) is 15.8. The lowest BCUT2D eigenvalue weighted by atomic mass is 9.85. The monoisotopic (exact) mass is 292 g/mol. The van der Waals surface area contributed by atoms with E-state index in [9.17, 15) is 0 Å². The Morgan fingerprint density at radius 1 is 1.00 bits per heavy atom. The number of aromatic nitrogens is 3. The minimum atomic E-state index is 0.486. The molecule has 2 rings (SSSR count). The summed E-state index contributed by atoms with van der Waals surface area (Å²) in [6.07, 6.45) is 6.32. The van der Waals surface area contributed by atoms with Crippen molar-refractivity contribution in [2.24, 2.45) is 5.92 Å². The van der Waals surface area contributed by atoms with E-state index < -0.39 is 0 Å². The Balaban J connectivity index is 2.05. The van der Waals surface area contributed by atoms with Crippen LogP contribution in [0.3, 0.4) is 0 Å². The quantitative estimate of drug-likeness (QED) is 0.840. The molecule has 1 aliphatic rings. The first-order valence-electron chi connectivity index (χ1n) is 8.06. The molecule has 2 N–H and O–H groups in total. The number of hydrogen-bond acceptors (Lipinski definition) is 6. The molecule has 21 heavy (non-hydrogen) atoms. The van der Waals surface area contributed by atoms with Crippen molar-refractivity contribution in [1.82, 2.24) is 15.0 Å². The second-order valence-electron chi connectivity index (χ2n) is 5.98. The molecule has 0 aromatic carbocycles. The Labute approximate surface area is 127 Å². The van der Waals surface area contributed by atoms with Crippen LogP contribution in [-0.4, -0.2) is 41.6 Å². The van der Waals surface area contributed by atoms with Gasteiger partial charge in [0.05, 0.1) is 0 Å². The highest BCUT2D eigenvalue weighted by atomic mass is 15.3. The van der Waals surface area contributed by atoms with E-state index in [1.807, 2.05) is 25.9 Å². The van der Waals surface area contributed by atoms with Crippen LogP contribution < -0.4 is 15.5 Å². The Hall–Kier alpha value is -1.59. The summed E-state index contributed by atoms with van der Waals surface area (Å²) in [5.74, 6) is 2.91. The third kappa shape index (κ3) is 4.44. The van der Waals surface area contributed by atoms with Crippen LogP contribution >= 0.6 is 0 Å². The molecule has 6 nitrogen and oxygen atoms in total. The number of nitrogens with zero attached hydrogens (tertiary/aromatic N) is 4. The van der Waals surface area contributed by atoms with E-state index >= 15 is 0 Å². The molecular weight excluding hydrogens is 264 g/mol. The molecule has 1 saturated carbocycles. The summed E-state index contributed by atoms with van der Waals surface area (Å²) in [5, 5.41) is 6.66. The zero-order valence-corrected chi connectivity index (χ0v) is 13.7. The first-order valence-corrected chi connectivity index (χ1v) is 8.06. The molecule has 0 bridgehead atoms. The van der Waals surface area contributed by atoms with Crippen molar-refractivity contribution in [2.75, 3.05) is 36.2 Å². The van der Waals surface area contributed by atoms with Crippen molar-refractivity contribution in [3.63, 3.8) is 0 Å². The molecule has 0 spiro atoms. The predicted octanol–water partition coefficient (Wildman–Crippen LogP) is 2.75. The van der Waals surface area contributed by atoms with E-state index in [1.54, 1.807) is 0 Å². The second kappa shape index (κ2) is 7.43. The third-order valence-electron chi connectivity index (χ3n) is 4.12. The molecular formula is C15H28N6. The van der Waals surface area contributed by atoms with E-state index in [0.717, 1.165) is 12.5 Å². The van der Waals surface area contributed by atoms with Gasteiger partial charge in [-0.1, -0.05) is 13.3 Å². The average molecular weight is 292 g/mol. The van der Waals surface area contributed by atoms with Gasteiger partial charge >= 0.3 is 0 Å². The standard InChI is InChI=1S/C15H28N6/c1-5-11-7-9-12(10-8-11)17-14-18-13(16-6-2)19-15(20-14)21(3)4/h11-12H,5-10H2,1-4H3,(H2,16,17,18,19,20). The van der Waals surface area contributed by atoms with Gasteiger partial charge < -0.3 is 15.5 Å². The number of rotatable bonds is 6. The van der Waals surface area contributed by atoms with Gasteiger partial charge in [0.15, 0.2) is 0 Å². The molecule has 0 amide bonds. The fourth-order valence-corrected chi connectivity index (χ4v) is 2.76. The zero-order chi connectivity index (χ0) is 15.2. The van der Waals surface area contributed by atoms with Crippen LogP contribution in [0.5, 0.6) is 0 Å². The highest BCUT2D eigenvalue weighted by Crippen LogP contribution is 2.28. The maximum atomic E-state index is 4.50. The lowest BCUT2D eigenvalue weighted by Gasteiger charge is -2.28. The molecule has 0 atom stereocenters. The van der Waals surface area contributed by atoms with Crippen molar-refractivity contribution in [3.8, 4) is 0 Å². The van der Waals surface area contributed by atoms with Crippen molar-refractivity contribution in [3.05, 3.63) is 0 Å². The summed E-state index contributed by atoms with van der Waals surface area (Å²) < 4.78 is 0. The molecule has 0 aliphatic heterocycles. The van der Waals surface area contributed by atoms with Gasteiger partial charge in [-0.25, -0.2) is 0 Å². The lowest BCUT2D eigenvalue weighted by Crippen LogP contribution is -2.27. The van der Waals surface area contributed by atoms with Gasteiger partial charge in [0, 0.05) is 26.7 Å². The Morgan fingerprint density at radius 3 is 2.24 bits per heavy atom. The van der Waals surface area contributed by atoms with Crippen molar-refractivity contribution >= 4 is 17.8 Å². The molecule has 0 saturated heterocycles. The number of nitrogens with one attached hydrogen (secondary N) is 2. The van der Waals surface area contributed by atoms with Crippen LogP contribution in [0.4, 0.5) is 17.8 Å². The molecule has 0 unspecified atom stereocenters. The lowest BCUT2D eigenvalue weighted by molar-refractivity contribution is 0.329. The number of hydrogen-bond donors (Lipinski definition) is 2. The predicted molar refractivity (Wildman–Crippen MR) is 88.0 cm³/mol. The maximum Gasteiger partial charge on any atom is 0.231 e. The van der Waals surface area contributed by atoms with E-state index in [1.165, 1.54) is 32.1 Å². The minimum Gasteiger partial charge on any atom is -0.354 e.